The summed E-state index contributed by atoms with van der Waals surface area (Å²) >= 11 is 5.74. The van der Waals surface area contributed by atoms with Gasteiger partial charge in [-0.15, -0.1) is 0 Å². The number of piperazine rings is 1. The van der Waals surface area contributed by atoms with Gasteiger partial charge in [-0.2, -0.15) is 13.2 Å². The Hall–Kier alpha value is -0.780. The molecule has 18 heavy (non-hydrogen) atoms. The number of nitrogens with zero attached hydrogens (tertiary/aromatic N) is 1. The zero-order chi connectivity index (χ0) is 13.2. The van der Waals surface area contributed by atoms with Gasteiger partial charge >= 0.3 is 6.18 Å². The van der Waals surface area contributed by atoms with E-state index in [9.17, 15) is 13.2 Å². The second-order valence-corrected chi connectivity index (χ2v) is 4.81. The van der Waals surface area contributed by atoms with Gasteiger partial charge in [0.2, 0.25) is 0 Å². The van der Waals surface area contributed by atoms with E-state index in [4.69, 9.17) is 11.6 Å². The average Bonchev–Trinajstić information content (AvgIpc) is 2.28. The van der Waals surface area contributed by atoms with E-state index in [1.165, 1.54) is 6.07 Å². The van der Waals surface area contributed by atoms with Crippen LogP contribution >= 0.6 is 11.6 Å². The molecule has 0 amide bonds. The van der Waals surface area contributed by atoms with Crippen LogP contribution in [-0.2, 0) is 12.7 Å². The number of halogens is 4. The summed E-state index contributed by atoms with van der Waals surface area (Å²) in [7, 11) is 0. The van der Waals surface area contributed by atoms with Crippen molar-refractivity contribution < 1.29 is 13.2 Å². The van der Waals surface area contributed by atoms with Gasteiger partial charge in [0, 0.05) is 37.7 Å². The molecule has 1 saturated heterocycles. The van der Waals surface area contributed by atoms with E-state index in [0.29, 0.717) is 12.1 Å². The summed E-state index contributed by atoms with van der Waals surface area (Å²) in [5.74, 6) is 0. The number of nitrogens with one attached hydrogen (secondary N) is 1. The Kier molecular flexibility index (Phi) is 4.14. The SMILES string of the molecule is FC(F)(F)c1cc(Cl)cc(CN2CCNCC2)c1. The fourth-order valence-electron chi connectivity index (χ4n) is 2.03. The van der Waals surface area contributed by atoms with Gasteiger partial charge in [-0.05, 0) is 23.8 Å². The normalized spacial score (nSPS) is 18.0. The lowest BCUT2D eigenvalue weighted by Gasteiger charge is -2.27. The lowest BCUT2D eigenvalue weighted by atomic mass is 10.1. The molecular weight excluding hydrogens is 265 g/mol. The molecule has 1 aromatic carbocycles. The standard InChI is InChI=1S/C12H14ClF3N2/c13-11-6-9(5-10(7-11)12(14,15)16)8-18-3-1-17-2-4-18/h5-7,17H,1-4,8H2. The molecule has 1 fully saturated rings. The van der Waals surface area contributed by atoms with Crippen LogP contribution in [0.4, 0.5) is 13.2 Å². The first-order valence-electron chi connectivity index (χ1n) is 5.75. The topological polar surface area (TPSA) is 15.3 Å². The van der Waals surface area contributed by atoms with Gasteiger partial charge in [0.15, 0.2) is 0 Å². The fraction of sp³-hybridized carbons (Fsp3) is 0.500. The highest BCUT2D eigenvalue weighted by Gasteiger charge is 2.31. The van der Waals surface area contributed by atoms with Gasteiger partial charge in [-0.25, -0.2) is 0 Å². The van der Waals surface area contributed by atoms with Gasteiger partial charge < -0.3 is 5.32 Å². The molecule has 1 heterocycles. The highest BCUT2D eigenvalue weighted by atomic mass is 35.5. The smallest absolute Gasteiger partial charge is 0.314 e. The molecule has 1 N–H and O–H groups in total. The maximum absolute atomic E-state index is 12.6. The van der Waals surface area contributed by atoms with Gasteiger partial charge in [0.1, 0.15) is 0 Å². The van der Waals surface area contributed by atoms with Crippen molar-refractivity contribution in [2.45, 2.75) is 12.7 Å². The average molecular weight is 279 g/mol. The quantitative estimate of drug-likeness (QED) is 0.895. The molecule has 0 aliphatic carbocycles. The van der Waals surface area contributed by atoms with E-state index in [0.717, 1.165) is 32.2 Å². The monoisotopic (exact) mass is 278 g/mol. The molecular formula is C12H14ClF3N2. The van der Waals surface area contributed by atoms with Crippen molar-refractivity contribution in [3.05, 3.63) is 34.3 Å². The summed E-state index contributed by atoms with van der Waals surface area (Å²) in [4.78, 5) is 2.11. The first kappa shape index (κ1) is 13.6. The molecule has 6 heteroatoms. The van der Waals surface area contributed by atoms with Crippen molar-refractivity contribution in [3.63, 3.8) is 0 Å². The Bertz CT molecular complexity index is 414. The zero-order valence-electron chi connectivity index (χ0n) is 9.73. The number of hydrogen-bond acceptors (Lipinski definition) is 2. The predicted octanol–water partition coefficient (Wildman–Crippen LogP) is 2.76. The molecule has 0 saturated carbocycles. The molecule has 1 aliphatic rings. The molecule has 100 valence electrons. The Labute approximate surface area is 109 Å². The van der Waals surface area contributed by atoms with Crippen molar-refractivity contribution in [2.75, 3.05) is 26.2 Å². The van der Waals surface area contributed by atoms with Gasteiger partial charge in [-0.3, -0.25) is 4.90 Å². The van der Waals surface area contributed by atoms with Crippen LogP contribution in [-0.4, -0.2) is 31.1 Å². The first-order chi connectivity index (χ1) is 8.45. The van der Waals surface area contributed by atoms with E-state index < -0.39 is 11.7 Å². The van der Waals surface area contributed by atoms with Crippen molar-refractivity contribution in [2.24, 2.45) is 0 Å². The van der Waals surface area contributed by atoms with Gasteiger partial charge in [-0.1, -0.05) is 11.6 Å². The van der Waals surface area contributed by atoms with Gasteiger partial charge in [0.25, 0.3) is 0 Å². The fourth-order valence-corrected chi connectivity index (χ4v) is 2.29. The molecule has 0 radical (unpaired) electrons. The zero-order valence-corrected chi connectivity index (χ0v) is 10.5. The lowest BCUT2D eigenvalue weighted by Crippen LogP contribution is -2.42. The van der Waals surface area contributed by atoms with Crippen molar-refractivity contribution in [3.8, 4) is 0 Å². The lowest BCUT2D eigenvalue weighted by molar-refractivity contribution is -0.137. The van der Waals surface area contributed by atoms with Crippen LogP contribution < -0.4 is 5.32 Å². The Balaban J connectivity index is 2.14. The molecule has 0 spiro atoms. The predicted molar refractivity (Wildman–Crippen MR) is 64.6 cm³/mol. The van der Waals surface area contributed by atoms with Crippen molar-refractivity contribution in [1.82, 2.24) is 10.2 Å². The van der Waals surface area contributed by atoms with Crippen molar-refractivity contribution >= 4 is 11.6 Å². The maximum atomic E-state index is 12.6. The van der Waals surface area contributed by atoms with Crippen LogP contribution in [0.15, 0.2) is 18.2 Å². The van der Waals surface area contributed by atoms with Crippen LogP contribution in [0, 0.1) is 0 Å². The number of alkyl halides is 3. The highest BCUT2D eigenvalue weighted by molar-refractivity contribution is 6.30. The molecule has 0 aromatic heterocycles. The number of hydrogen-bond donors (Lipinski definition) is 1. The summed E-state index contributed by atoms with van der Waals surface area (Å²) in [6.07, 6.45) is -4.34. The Morgan fingerprint density at radius 1 is 1.17 bits per heavy atom. The van der Waals surface area contributed by atoms with E-state index in [2.05, 4.69) is 10.2 Å². The van der Waals surface area contributed by atoms with E-state index in [-0.39, 0.29) is 5.02 Å². The Morgan fingerprint density at radius 3 is 2.44 bits per heavy atom. The first-order valence-corrected chi connectivity index (χ1v) is 6.13. The third-order valence-electron chi connectivity index (χ3n) is 2.90. The third-order valence-corrected chi connectivity index (χ3v) is 3.12. The van der Waals surface area contributed by atoms with E-state index in [1.807, 2.05) is 0 Å². The molecule has 1 aromatic rings. The number of rotatable bonds is 2. The van der Waals surface area contributed by atoms with Crippen LogP contribution in [0.5, 0.6) is 0 Å². The highest BCUT2D eigenvalue weighted by Crippen LogP contribution is 2.32. The summed E-state index contributed by atoms with van der Waals surface area (Å²) in [6.45, 7) is 3.92. The van der Waals surface area contributed by atoms with E-state index >= 15 is 0 Å². The Morgan fingerprint density at radius 2 is 1.83 bits per heavy atom. The molecule has 0 atom stereocenters. The molecule has 0 unspecified atom stereocenters. The summed E-state index contributed by atoms with van der Waals surface area (Å²) < 4.78 is 37.9. The minimum absolute atomic E-state index is 0.134. The van der Waals surface area contributed by atoms with Crippen LogP contribution in [0.2, 0.25) is 5.02 Å². The molecule has 0 bridgehead atoms. The largest absolute Gasteiger partial charge is 0.416 e. The van der Waals surface area contributed by atoms with Crippen LogP contribution in [0.3, 0.4) is 0 Å². The summed E-state index contributed by atoms with van der Waals surface area (Å²) in [5, 5.41) is 3.33. The second kappa shape index (κ2) is 5.47. The minimum atomic E-state index is -4.34. The maximum Gasteiger partial charge on any atom is 0.416 e. The third kappa shape index (κ3) is 3.60. The van der Waals surface area contributed by atoms with Crippen molar-refractivity contribution in [1.29, 1.82) is 0 Å². The molecule has 1 aliphatic heterocycles. The summed E-state index contributed by atoms with van der Waals surface area (Å²) in [5.41, 5.74) is -0.0724. The molecule has 2 nitrogen and oxygen atoms in total. The van der Waals surface area contributed by atoms with Gasteiger partial charge in [0.05, 0.1) is 5.56 Å². The minimum Gasteiger partial charge on any atom is -0.314 e. The summed E-state index contributed by atoms with van der Waals surface area (Å²) in [6, 6.07) is 3.73. The van der Waals surface area contributed by atoms with Crippen LogP contribution in [0.25, 0.3) is 0 Å². The molecule has 2 rings (SSSR count). The van der Waals surface area contributed by atoms with Crippen LogP contribution in [0.1, 0.15) is 11.1 Å². The number of benzene rings is 1. The van der Waals surface area contributed by atoms with E-state index in [1.54, 1.807) is 6.07 Å². The second-order valence-electron chi connectivity index (χ2n) is 4.37.